The minimum absolute atomic E-state index is 0.315. The fraction of sp³-hybridized carbons (Fsp3) is 0.0244. The fourth-order valence-corrected chi connectivity index (χ4v) is 9.73. The van der Waals surface area contributed by atoms with E-state index in [2.05, 4.69) is 65.2 Å². The number of aromatic nitrogens is 1. The van der Waals surface area contributed by atoms with Crippen LogP contribution in [0.2, 0.25) is 0 Å². The van der Waals surface area contributed by atoms with Crippen molar-refractivity contribution in [2.45, 2.75) is 15.2 Å². The van der Waals surface area contributed by atoms with Crippen LogP contribution in [-0.2, 0) is 15.3 Å². The third kappa shape index (κ3) is 3.15. The molecule has 46 heavy (non-hydrogen) atoms. The second kappa shape index (κ2) is 8.96. The molecule has 0 atom stereocenters. The van der Waals surface area contributed by atoms with E-state index in [-0.39, 0.29) is 0 Å². The molecule has 3 heterocycles. The summed E-state index contributed by atoms with van der Waals surface area (Å²) in [5.41, 5.74) is 5.27. The van der Waals surface area contributed by atoms with Crippen molar-refractivity contribution in [2.24, 2.45) is 0 Å². The Morgan fingerprint density at radius 3 is 1.89 bits per heavy atom. The third-order valence-corrected chi connectivity index (χ3v) is 11.7. The molecule has 8 aromatic rings. The Labute approximate surface area is 265 Å². The quantitative estimate of drug-likeness (QED) is 0.186. The van der Waals surface area contributed by atoms with Crippen molar-refractivity contribution in [1.29, 1.82) is 0 Å². The second-order valence-corrected chi connectivity index (χ2v) is 14.0. The fourth-order valence-electron chi connectivity index (χ4n) is 7.95. The maximum atomic E-state index is 14.8. The minimum atomic E-state index is -3.90. The second-order valence-electron chi connectivity index (χ2n) is 12.1. The van der Waals surface area contributed by atoms with Gasteiger partial charge in [0.1, 0.15) is 11.5 Å². The molecular weight excluding hydrogens is 587 g/mol. The highest BCUT2D eigenvalue weighted by atomic mass is 32.2. The van der Waals surface area contributed by atoms with Crippen LogP contribution < -0.4 is 4.74 Å². The first kappa shape index (κ1) is 25.7. The van der Waals surface area contributed by atoms with Crippen LogP contribution in [0.3, 0.4) is 0 Å². The molecule has 0 bridgehead atoms. The number of ether oxygens (including phenoxy) is 1. The molecule has 218 valence electrons. The van der Waals surface area contributed by atoms with E-state index in [1.54, 1.807) is 6.07 Å². The number of rotatable bonds is 1. The monoisotopic (exact) mass is 611 g/mol. The van der Waals surface area contributed by atoms with Crippen LogP contribution in [-0.4, -0.2) is 13.0 Å². The molecule has 2 aliphatic rings. The molecule has 0 saturated heterocycles. The lowest BCUT2D eigenvalue weighted by molar-refractivity contribution is 0.429. The lowest BCUT2D eigenvalue weighted by atomic mass is 9.63. The summed E-state index contributed by atoms with van der Waals surface area (Å²) in [7, 11) is -3.90. The van der Waals surface area contributed by atoms with Crippen LogP contribution in [0.25, 0.3) is 38.3 Å². The molecule has 0 radical (unpaired) electrons. The SMILES string of the molecule is O=S1(=O)c2ccccc2C2(c3ccccc3Oc3ccccc32)c2cc3c4ccccc4n(-c4ccc5ccccc5c4)c3cc21. The normalized spacial score (nSPS) is 15.2. The predicted molar refractivity (Wildman–Crippen MR) is 182 cm³/mol. The van der Waals surface area contributed by atoms with Gasteiger partial charge in [-0.1, -0.05) is 103 Å². The molecule has 0 N–H and O–H groups in total. The number of benzene rings is 7. The smallest absolute Gasteiger partial charge is 0.207 e. The summed E-state index contributed by atoms with van der Waals surface area (Å²) in [5, 5.41) is 4.34. The van der Waals surface area contributed by atoms with E-state index in [1.165, 1.54) is 0 Å². The van der Waals surface area contributed by atoms with E-state index in [0.717, 1.165) is 72.0 Å². The topological polar surface area (TPSA) is 48.3 Å². The van der Waals surface area contributed by atoms with Crippen LogP contribution in [0, 0.1) is 0 Å². The number of hydrogen-bond acceptors (Lipinski definition) is 3. The summed E-state index contributed by atoms with van der Waals surface area (Å²) in [6.07, 6.45) is 0. The average Bonchev–Trinajstić information content (AvgIpc) is 3.43. The van der Waals surface area contributed by atoms with Crippen molar-refractivity contribution in [1.82, 2.24) is 4.57 Å². The summed E-state index contributed by atoms with van der Waals surface area (Å²) in [6.45, 7) is 0. The molecule has 1 spiro atoms. The lowest BCUT2D eigenvalue weighted by Crippen LogP contribution is -2.39. The van der Waals surface area contributed by atoms with Gasteiger partial charge in [0.15, 0.2) is 0 Å². The molecule has 5 heteroatoms. The Morgan fingerprint density at radius 1 is 0.478 bits per heavy atom. The van der Waals surface area contributed by atoms with Crippen molar-refractivity contribution in [3.05, 3.63) is 174 Å². The Balaban J connectivity index is 1.41. The van der Waals surface area contributed by atoms with Gasteiger partial charge in [0, 0.05) is 27.6 Å². The van der Waals surface area contributed by atoms with Gasteiger partial charge in [-0.25, -0.2) is 8.42 Å². The van der Waals surface area contributed by atoms with Gasteiger partial charge in [0.2, 0.25) is 9.84 Å². The van der Waals surface area contributed by atoms with Crippen molar-refractivity contribution >= 4 is 42.4 Å². The number of sulfone groups is 1. The molecule has 7 aromatic carbocycles. The van der Waals surface area contributed by atoms with Gasteiger partial charge in [-0.15, -0.1) is 0 Å². The number of nitrogens with zero attached hydrogens (tertiary/aromatic N) is 1. The van der Waals surface area contributed by atoms with Gasteiger partial charge in [0.25, 0.3) is 0 Å². The first-order valence-electron chi connectivity index (χ1n) is 15.4. The number of para-hydroxylation sites is 3. The minimum Gasteiger partial charge on any atom is -0.457 e. The summed E-state index contributed by atoms with van der Waals surface area (Å²) < 4.78 is 38.3. The molecule has 1 aromatic heterocycles. The Kier molecular flexibility index (Phi) is 5.00. The van der Waals surface area contributed by atoms with Crippen molar-refractivity contribution in [3.8, 4) is 17.2 Å². The highest BCUT2D eigenvalue weighted by molar-refractivity contribution is 7.91. The maximum Gasteiger partial charge on any atom is 0.207 e. The molecule has 10 rings (SSSR count). The molecule has 2 aliphatic heterocycles. The van der Waals surface area contributed by atoms with Gasteiger partial charge >= 0.3 is 0 Å². The van der Waals surface area contributed by atoms with E-state index in [0.29, 0.717) is 9.79 Å². The summed E-state index contributed by atoms with van der Waals surface area (Å²) in [4.78, 5) is 0.636. The third-order valence-electron chi connectivity index (χ3n) is 9.84. The van der Waals surface area contributed by atoms with Crippen LogP contribution in [0.5, 0.6) is 11.5 Å². The van der Waals surface area contributed by atoms with E-state index in [9.17, 15) is 8.42 Å². The van der Waals surface area contributed by atoms with Crippen molar-refractivity contribution in [3.63, 3.8) is 0 Å². The molecule has 0 unspecified atom stereocenters. The summed E-state index contributed by atoms with van der Waals surface area (Å²) >= 11 is 0. The molecule has 0 aliphatic carbocycles. The molecular formula is C41H25NO3S. The van der Waals surface area contributed by atoms with Gasteiger partial charge in [-0.05, 0) is 70.4 Å². The predicted octanol–water partition coefficient (Wildman–Crippen LogP) is 9.57. The van der Waals surface area contributed by atoms with Gasteiger partial charge in [-0.3, -0.25) is 0 Å². The Morgan fingerprint density at radius 2 is 1.11 bits per heavy atom. The highest BCUT2D eigenvalue weighted by Gasteiger charge is 2.53. The summed E-state index contributed by atoms with van der Waals surface area (Å²) in [5.74, 6) is 1.44. The maximum absolute atomic E-state index is 14.8. The number of hydrogen-bond donors (Lipinski definition) is 0. The Bertz CT molecular complexity index is 2660. The zero-order valence-corrected chi connectivity index (χ0v) is 25.3. The lowest BCUT2D eigenvalue weighted by Gasteiger charge is -2.45. The van der Waals surface area contributed by atoms with E-state index in [4.69, 9.17) is 4.74 Å². The molecule has 4 nitrogen and oxygen atoms in total. The van der Waals surface area contributed by atoms with Crippen LogP contribution in [0.15, 0.2) is 161 Å². The average molecular weight is 612 g/mol. The van der Waals surface area contributed by atoms with E-state index >= 15 is 0 Å². The van der Waals surface area contributed by atoms with Crippen molar-refractivity contribution in [2.75, 3.05) is 0 Å². The highest BCUT2D eigenvalue weighted by Crippen LogP contribution is 2.60. The summed E-state index contributed by atoms with van der Waals surface area (Å²) in [6, 6.07) is 50.6. The standard InChI is InChI=1S/C41H25NO3S/c43-46(44)39-20-10-6-16-33(39)41(31-14-4-8-18-37(31)45-38-19-9-5-15-32(38)41)34-24-30-29-13-3-7-17-35(29)42(36(30)25-40(34)46)28-22-21-26-11-1-2-12-27(26)23-28/h1-25H. The van der Waals surface area contributed by atoms with Crippen LogP contribution in [0.1, 0.15) is 22.3 Å². The first-order valence-corrected chi connectivity index (χ1v) is 16.8. The zero-order chi connectivity index (χ0) is 30.6. The van der Waals surface area contributed by atoms with Crippen molar-refractivity contribution < 1.29 is 13.2 Å². The van der Waals surface area contributed by atoms with E-state index in [1.807, 2.05) is 84.9 Å². The first-order chi connectivity index (χ1) is 22.6. The molecule has 0 saturated carbocycles. The molecule has 0 amide bonds. The number of fused-ring (bicyclic) bond motifs is 12. The van der Waals surface area contributed by atoms with E-state index < -0.39 is 15.3 Å². The largest absolute Gasteiger partial charge is 0.457 e. The Hall–Kier alpha value is -5.65. The zero-order valence-electron chi connectivity index (χ0n) is 24.5. The van der Waals surface area contributed by atoms with Gasteiger partial charge in [-0.2, -0.15) is 0 Å². The molecule has 0 fully saturated rings. The van der Waals surface area contributed by atoms with Crippen LogP contribution in [0.4, 0.5) is 0 Å². The van der Waals surface area contributed by atoms with Crippen LogP contribution >= 0.6 is 0 Å². The van der Waals surface area contributed by atoms with Gasteiger partial charge in [0.05, 0.1) is 26.2 Å². The van der Waals surface area contributed by atoms with Gasteiger partial charge < -0.3 is 9.30 Å².